The fourth-order valence-corrected chi connectivity index (χ4v) is 2.41. The molecule has 1 fully saturated rings. The van der Waals surface area contributed by atoms with E-state index < -0.39 is 0 Å². The summed E-state index contributed by atoms with van der Waals surface area (Å²) in [5.74, 6) is 1.63. The van der Waals surface area contributed by atoms with Crippen LogP contribution in [0.5, 0.6) is 5.75 Å². The molecule has 1 N–H and O–H groups in total. The number of benzene rings is 1. The van der Waals surface area contributed by atoms with Crippen molar-refractivity contribution in [2.75, 3.05) is 0 Å². The van der Waals surface area contributed by atoms with E-state index in [1.165, 1.54) is 12.8 Å². The number of halogens is 1. The van der Waals surface area contributed by atoms with Crippen molar-refractivity contribution in [1.29, 1.82) is 0 Å². The molecule has 3 rings (SSSR count). The number of ether oxygens (including phenoxy) is 1. The van der Waals surface area contributed by atoms with Gasteiger partial charge in [-0.3, -0.25) is 0 Å². The SMILES string of the molecule is Cc1cc(COc2ccc(Br)cc2CNC2CC2)on1. The van der Waals surface area contributed by atoms with Crippen molar-refractivity contribution >= 4 is 15.9 Å². The number of hydrogen-bond donors (Lipinski definition) is 1. The Labute approximate surface area is 126 Å². The Morgan fingerprint density at radius 3 is 2.95 bits per heavy atom. The minimum absolute atomic E-state index is 0.402. The lowest BCUT2D eigenvalue weighted by Gasteiger charge is -2.11. The predicted octanol–water partition coefficient (Wildman–Crippen LogP) is 3.58. The average Bonchev–Trinajstić information content (AvgIpc) is 3.17. The highest BCUT2D eigenvalue weighted by atomic mass is 79.9. The highest BCUT2D eigenvalue weighted by Crippen LogP contribution is 2.26. The van der Waals surface area contributed by atoms with Crippen LogP contribution in [0.25, 0.3) is 0 Å². The highest BCUT2D eigenvalue weighted by molar-refractivity contribution is 9.10. The van der Waals surface area contributed by atoms with Gasteiger partial charge in [0.05, 0.1) is 5.69 Å². The van der Waals surface area contributed by atoms with E-state index in [1.807, 2.05) is 25.1 Å². The zero-order valence-electron chi connectivity index (χ0n) is 11.4. The number of aromatic nitrogens is 1. The maximum atomic E-state index is 5.85. The van der Waals surface area contributed by atoms with Gasteiger partial charge >= 0.3 is 0 Å². The van der Waals surface area contributed by atoms with Gasteiger partial charge in [-0.2, -0.15) is 0 Å². The smallest absolute Gasteiger partial charge is 0.174 e. The van der Waals surface area contributed by atoms with Gasteiger partial charge in [-0.05, 0) is 38.0 Å². The van der Waals surface area contributed by atoms with E-state index in [-0.39, 0.29) is 0 Å². The molecule has 0 atom stereocenters. The van der Waals surface area contributed by atoms with Gasteiger partial charge in [-0.15, -0.1) is 0 Å². The van der Waals surface area contributed by atoms with Crippen LogP contribution in [0.1, 0.15) is 29.9 Å². The second-order valence-corrected chi connectivity index (χ2v) is 6.05. The third kappa shape index (κ3) is 3.61. The third-order valence-corrected chi connectivity index (χ3v) is 3.72. The van der Waals surface area contributed by atoms with Gasteiger partial charge in [0.15, 0.2) is 5.76 Å². The Bertz CT molecular complexity index is 593. The first-order valence-corrected chi connectivity index (χ1v) is 7.57. The fourth-order valence-electron chi connectivity index (χ4n) is 2.00. The topological polar surface area (TPSA) is 47.3 Å². The van der Waals surface area contributed by atoms with Crippen molar-refractivity contribution in [2.24, 2.45) is 0 Å². The van der Waals surface area contributed by atoms with Crippen molar-refractivity contribution in [2.45, 2.75) is 39.0 Å². The Kier molecular flexibility index (Phi) is 4.08. The van der Waals surface area contributed by atoms with Gasteiger partial charge in [0.1, 0.15) is 12.4 Å². The highest BCUT2D eigenvalue weighted by Gasteiger charge is 2.20. The molecule has 0 bridgehead atoms. The molecule has 1 heterocycles. The summed E-state index contributed by atoms with van der Waals surface area (Å²) in [6.07, 6.45) is 2.56. The number of hydrogen-bond acceptors (Lipinski definition) is 4. The lowest BCUT2D eigenvalue weighted by molar-refractivity contribution is 0.246. The van der Waals surface area contributed by atoms with E-state index in [4.69, 9.17) is 9.26 Å². The van der Waals surface area contributed by atoms with Gasteiger partial charge in [-0.25, -0.2) is 0 Å². The first-order valence-electron chi connectivity index (χ1n) is 6.77. The lowest BCUT2D eigenvalue weighted by Crippen LogP contribution is -2.16. The molecule has 0 radical (unpaired) electrons. The van der Waals surface area contributed by atoms with Crippen LogP contribution in [0, 0.1) is 6.92 Å². The summed E-state index contributed by atoms with van der Waals surface area (Å²) in [6, 6.07) is 8.63. The Morgan fingerprint density at radius 1 is 1.40 bits per heavy atom. The molecule has 0 saturated heterocycles. The summed E-state index contributed by atoms with van der Waals surface area (Å²) in [5, 5.41) is 7.36. The minimum atomic E-state index is 0.402. The van der Waals surface area contributed by atoms with Crippen LogP contribution in [0.4, 0.5) is 0 Å². The Morgan fingerprint density at radius 2 is 2.25 bits per heavy atom. The molecule has 106 valence electrons. The van der Waals surface area contributed by atoms with Crippen LogP contribution in [-0.2, 0) is 13.2 Å². The van der Waals surface area contributed by atoms with Crippen molar-refractivity contribution in [3.05, 3.63) is 45.8 Å². The first-order chi connectivity index (χ1) is 9.70. The van der Waals surface area contributed by atoms with E-state index in [0.717, 1.165) is 33.8 Å². The van der Waals surface area contributed by atoms with Crippen molar-refractivity contribution < 1.29 is 9.26 Å². The third-order valence-electron chi connectivity index (χ3n) is 3.23. The normalized spacial score (nSPS) is 14.5. The maximum absolute atomic E-state index is 5.85. The molecular formula is C15H17BrN2O2. The molecular weight excluding hydrogens is 320 g/mol. The van der Waals surface area contributed by atoms with Crippen LogP contribution in [-0.4, -0.2) is 11.2 Å². The van der Waals surface area contributed by atoms with Crippen molar-refractivity contribution in [3.63, 3.8) is 0 Å². The second kappa shape index (κ2) is 5.97. The largest absolute Gasteiger partial charge is 0.485 e. The standard InChI is InChI=1S/C15H17BrN2O2/c1-10-6-14(20-18-10)9-19-15-5-2-12(16)7-11(15)8-17-13-3-4-13/h2,5-7,13,17H,3-4,8-9H2,1H3. The summed E-state index contributed by atoms with van der Waals surface area (Å²) in [5.41, 5.74) is 2.03. The van der Waals surface area contributed by atoms with Crippen LogP contribution >= 0.6 is 15.9 Å². The Hall–Kier alpha value is -1.33. The van der Waals surface area contributed by atoms with Crippen LogP contribution < -0.4 is 10.1 Å². The first kappa shape index (κ1) is 13.6. The van der Waals surface area contributed by atoms with Gasteiger partial charge in [0, 0.05) is 28.7 Å². The van der Waals surface area contributed by atoms with Gasteiger partial charge in [-0.1, -0.05) is 21.1 Å². The van der Waals surface area contributed by atoms with Crippen molar-refractivity contribution in [3.8, 4) is 5.75 Å². The van der Waals surface area contributed by atoms with E-state index >= 15 is 0 Å². The van der Waals surface area contributed by atoms with E-state index in [9.17, 15) is 0 Å². The predicted molar refractivity (Wildman–Crippen MR) is 79.6 cm³/mol. The number of aryl methyl sites for hydroxylation is 1. The van der Waals surface area contributed by atoms with Gasteiger partial charge in [0.25, 0.3) is 0 Å². The summed E-state index contributed by atoms with van der Waals surface area (Å²) in [6.45, 7) is 3.13. The molecule has 1 aromatic heterocycles. The van der Waals surface area contributed by atoms with Gasteiger partial charge < -0.3 is 14.6 Å². The van der Waals surface area contributed by atoms with Gasteiger partial charge in [0.2, 0.25) is 0 Å². The maximum Gasteiger partial charge on any atom is 0.174 e. The quantitative estimate of drug-likeness (QED) is 0.875. The molecule has 1 aliphatic carbocycles. The van der Waals surface area contributed by atoms with Crippen molar-refractivity contribution in [1.82, 2.24) is 10.5 Å². The number of nitrogens with one attached hydrogen (secondary N) is 1. The average molecular weight is 337 g/mol. The fraction of sp³-hybridized carbons (Fsp3) is 0.400. The molecule has 4 nitrogen and oxygen atoms in total. The summed E-state index contributed by atoms with van der Waals surface area (Å²) in [4.78, 5) is 0. The molecule has 1 saturated carbocycles. The molecule has 0 amide bonds. The molecule has 2 aromatic rings. The monoisotopic (exact) mass is 336 g/mol. The number of nitrogens with zero attached hydrogens (tertiary/aromatic N) is 1. The van der Waals surface area contributed by atoms with Crippen LogP contribution in [0.3, 0.4) is 0 Å². The van der Waals surface area contributed by atoms with E-state index in [0.29, 0.717) is 12.6 Å². The van der Waals surface area contributed by atoms with Crippen LogP contribution in [0.15, 0.2) is 33.3 Å². The van der Waals surface area contributed by atoms with E-state index in [1.54, 1.807) is 0 Å². The zero-order valence-corrected chi connectivity index (χ0v) is 12.9. The second-order valence-electron chi connectivity index (χ2n) is 5.13. The summed E-state index contributed by atoms with van der Waals surface area (Å²) in [7, 11) is 0. The summed E-state index contributed by atoms with van der Waals surface area (Å²) < 4.78 is 12.1. The Balaban J connectivity index is 1.66. The zero-order chi connectivity index (χ0) is 13.9. The molecule has 5 heteroatoms. The van der Waals surface area contributed by atoms with Crippen LogP contribution in [0.2, 0.25) is 0 Å². The molecule has 1 aliphatic rings. The summed E-state index contributed by atoms with van der Waals surface area (Å²) >= 11 is 3.51. The molecule has 0 aliphatic heterocycles. The molecule has 0 unspecified atom stereocenters. The lowest BCUT2D eigenvalue weighted by atomic mass is 10.2. The molecule has 20 heavy (non-hydrogen) atoms. The van der Waals surface area contributed by atoms with E-state index in [2.05, 4.69) is 32.5 Å². The molecule has 1 aromatic carbocycles. The molecule has 0 spiro atoms. The minimum Gasteiger partial charge on any atom is -0.485 e. The number of rotatable bonds is 6.